The molecule has 6 nitrogen and oxygen atoms in total. The molecule has 1 atom stereocenters. The quantitative estimate of drug-likeness (QED) is 0.128. The summed E-state index contributed by atoms with van der Waals surface area (Å²) < 4.78 is 62.6. The number of alkyl halides is 3. The zero-order chi connectivity index (χ0) is 31.3. The van der Waals surface area contributed by atoms with E-state index >= 15 is 0 Å². The lowest BCUT2D eigenvalue weighted by atomic mass is 9.99. The molecule has 43 heavy (non-hydrogen) atoms. The number of rotatable bonds is 8. The van der Waals surface area contributed by atoms with E-state index in [9.17, 15) is 31.9 Å². The minimum atomic E-state index is -4.51. The molecule has 1 amide bonds. The van der Waals surface area contributed by atoms with E-state index in [-0.39, 0.29) is 22.8 Å². The number of benzene rings is 4. The van der Waals surface area contributed by atoms with E-state index in [2.05, 4.69) is 5.32 Å². The molecular formula is C32H24ClF4NO5. The van der Waals surface area contributed by atoms with E-state index in [0.717, 1.165) is 24.6 Å². The summed E-state index contributed by atoms with van der Waals surface area (Å²) >= 11 is 5.88. The van der Waals surface area contributed by atoms with Crippen LogP contribution < -0.4 is 10.1 Å². The second kappa shape index (κ2) is 13.1. The number of carbonyl (C=O) groups excluding carboxylic acids is 3. The van der Waals surface area contributed by atoms with Crippen molar-refractivity contribution in [2.45, 2.75) is 25.6 Å². The third kappa shape index (κ3) is 7.78. The summed E-state index contributed by atoms with van der Waals surface area (Å²) in [6, 6.07) is 18.7. The van der Waals surface area contributed by atoms with Crippen molar-refractivity contribution >= 4 is 29.4 Å². The molecule has 4 rings (SSSR count). The van der Waals surface area contributed by atoms with Crippen LogP contribution in [-0.2, 0) is 26.9 Å². The van der Waals surface area contributed by atoms with Crippen molar-refractivity contribution in [2.24, 2.45) is 0 Å². The summed E-state index contributed by atoms with van der Waals surface area (Å²) in [7, 11) is 1.17. The van der Waals surface area contributed by atoms with Crippen LogP contribution in [0.15, 0.2) is 84.9 Å². The largest absolute Gasteiger partial charge is 0.467 e. The van der Waals surface area contributed by atoms with Crippen molar-refractivity contribution in [3.63, 3.8) is 0 Å². The van der Waals surface area contributed by atoms with Gasteiger partial charge in [0.15, 0.2) is 0 Å². The van der Waals surface area contributed by atoms with Gasteiger partial charge in [-0.05, 0) is 64.2 Å². The standard InChI is InChI=1S/C32H24ClF4NO5/c1-18(39)43-29-14-10-22(21-7-11-24(12-8-21)32(35,36)37)16-25(29)30(40)38-28(31(41)42-2)15-19-3-5-20(6-4-19)23-9-13-27(34)26(33)17-23/h3-14,16-17,28H,15H2,1-2H3,(H,38,40). The molecular weight excluding hydrogens is 590 g/mol. The van der Waals surface area contributed by atoms with Crippen molar-refractivity contribution in [3.8, 4) is 28.0 Å². The molecule has 0 radical (unpaired) electrons. The number of esters is 2. The highest BCUT2D eigenvalue weighted by Gasteiger charge is 2.30. The maximum Gasteiger partial charge on any atom is 0.416 e. The number of methoxy groups -OCH3 is 1. The molecule has 0 fully saturated rings. The minimum absolute atomic E-state index is 0.0226. The molecule has 1 unspecified atom stereocenters. The highest BCUT2D eigenvalue weighted by atomic mass is 35.5. The molecule has 1 N–H and O–H groups in total. The Labute approximate surface area is 249 Å². The van der Waals surface area contributed by atoms with E-state index in [1.807, 2.05) is 0 Å². The third-order valence-electron chi connectivity index (χ3n) is 6.46. The van der Waals surface area contributed by atoms with Gasteiger partial charge < -0.3 is 14.8 Å². The van der Waals surface area contributed by atoms with Crippen LogP contribution in [0, 0.1) is 5.82 Å². The van der Waals surface area contributed by atoms with Crippen LogP contribution >= 0.6 is 11.6 Å². The highest BCUT2D eigenvalue weighted by Crippen LogP contribution is 2.33. The molecule has 0 aliphatic carbocycles. The fourth-order valence-electron chi connectivity index (χ4n) is 4.30. The van der Waals surface area contributed by atoms with Crippen molar-refractivity contribution < 1.29 is 41.4 Å². The van der Waals surface area contributed by atoms with Crippen LogP contribution in [0.3, 0.4) is 0 Å². The summed E-state index contributed by atoms with van der Waals surface area (Å²) in [5.41, 5.74) is 1.89. The summed E-state index contributed by atoms with van der Waals surface area (Å²) in [5, 5.41) is 2.58. The molecule has 0 aliphatic heterocycles. The minimum Gasteiger partial charge on any atom is -0.467 e. The first-order valence-electron chi connectivity index (χ1n) is 12.8. The summed E-state index contributed by atoms with van der Waals surface area (Å²) in [6.07, 6.45) is -4.48. The van der Waals surface area contributed by atoms with Gasteiger partial charge in [-0.2, -0.15) is 13.2 Å². The maximum atomic E-state index is 13.5. The second-order valence-corrected chi connectivity index (χ2v) is 9.87. The molecule has 0 spiro atoms. The number of ether oxygens (including phenoxy) is 2. The molecule has 0 bridgehead atoms. The van der Waals surface area contributed by atoms with Gasteiger partial charge in [-0.3, -0.25) is 9.59 Å². The molecule has 0 aliphatic rings. The zero-order valence-electron chi connectivity index (χ0n) is 22.8. The molecule has 222 valence electrons. The average molecular weight is 614 g/mol. The lowest BCUT2D eigenvalue weighted by molar-refractivity contribution is -0.143. The smallest absolute Gasteiger partial charge is 0.416 e. The Morgan fingerprint density at radius 3 is 1.95 bits per heavy atom. The first-order chi connectivity index (χ1) is 20.3. The van der Waals surface area contributed by atoms with Gasteiger partial charge in [0.25, 0.3) is 5.91 Å². The molecule has 11 heteroatoms. The SMILES string of the molecule is COC(=O)C(Cc1ccc(-c2ccc(F)c(Cl)c2)cc1)NC(=O)c1cc(-c2ccc(C(F)(F)F)cc2)ccc1OC(C)=O. The van der Waals surface area contributed by atoms with Gasteiger partial charge in [-0.1, -0.05) is 60.1 Å². The lowest BCUT2D eigenvalue weighted by Gasteiger charge is -2.18. The van der Waals surface area contributed by atoms with Gasteiger partial charge in [0.05, 0.1) is 23.3 Å². The van der Waals surface area contributed by atoms with Crippen molar-refractivity contribution in [1.29, 1.82) is 0 Å². The van der Waals surface area contributed by atoms with E-state index in [0.29, 0.717) is 22.3 Å². The first kappa shape index (κ1) is 31.2. The van der Waals surface area contributed by atoms with Gasteiger partial charge in [0.2, 0.25) is 0 Å². The Hall–Kier alpha value is -4.70. The van der Waals surface area contributed by atoms with Crippen LogP contribution in [0.2, 0.25) is 5.02 Å². The van der Waals surface area contributed by atoms with Crippen molar-refractivity contribution in [2.75, 3.05) is 7.11 Å². The molecule has 4 aromatic rings. The van der Waals surface area contributed by atoms with Crippen LogP contribution in [0.5, 0.6) is 5.75 Å². The zero-order valence-corrected chi connectivity index (χ0v) is 23.6. The predicted octanol–water partition coefficient (Wildman–Crippen LogP) is 7.27. The number of hydrogen-bond donors (Lipinski definition) is 1. The van der Waals surface area contributed by atoms with Gasteiger partial charge in [0.1, 0.15) is 17.6 Å². The van der Waals surface area contributed by atoms with Crippen LogP contribution in [0.4, 0.5) is 17.6 Å². The molecule has 4 aromatic carbocycles. The molecule has 0 saturated heterocycles. The first-order valence-corrected chi connectivity index (χ1v) is 13.2. The van der Waals surface area contributed by atoms with Gasteiger partial charge in [0, 0.05) is 13.3 Å². The summed E-state index contributed by atoms with van der Waals surface area (Å²) in [6.45, 7) is 1.15. The predicted molar refractivity (Wildman–Crippen MR) is 152 cm³/mol. The highest BCUT2D eigenvalue weighted by molar-refractivity contribution is 6.31. The molecule has 0 aromatic heterocycles. The van der Waals surface area contributed by atoms with Crippen LogP contribution in [-0.4, -0.2) is 31.0 Å². The van der Waals surface area contributed by atoms with E-state index in [4.69, 9.17) is 21.1 Å². The number of nitrogens with one attached hydrogen (secondary N) is 1. The maximum absolute atomic E-state index is 13.5. The Morgan fingerprint density at radius 1 is 0.837 bits per heavy atom. The monoisotopic (exact) mass is 613 g/mol. The number of carbonyl (C=O) groups is 3. The van der Waals surface area contributed by atoms with Crippen molar-refractivity contribution in [1.82, 2.24) is 5.32 Å². The van der Waals surface area contributed by atoms with Crippen LogP contribution in [0.1, 0.15) is 28.4 Å². The Kier molecular flexibility index (Phi) is 9.50. The summed E-state index contributed by atoms with van der Waals surface area (Å²) in [5.74, 6) is -2.87. The van der Waals surface area contributed by atoms with Crippen LogP contribution in [0.25, 0.3) is 22.3 Å². The molecule has 0 heterocycles. The van der Waals surface area contributed by atoms with E-state index < -0.39 is 41.4 Å². The second-order valence-electron chi connectivity index (χ2n) is 9.46. The number of halogens is 5. The Morgan fingerprint density at radius 2 is 1.40 bits per heavy atom. The number of hydrogen-bond acceptors (Lipinski definition) is 5. The van der Waals surface area contributed by atoms with E-state index in [1.165, 1.54) is 49.6 Å². The third-order valence-corrected chi connectivity index (χ3v) is 6.75. The normalized spacial score (nSPS) is 11.9. The fraction of sp³-hybridized carbons (Fsp3) is 0.156. The van der Waals surface area contributed by atoms with Gasteiger partial charge in [-0.25, -0.2) is 9.18 Å². The fourth-order valence-corrected chi connectivity index (χ4v) is 4.48. The van der Waals surface area contributed by atoms with Crippen molar-refractivity contribution in [3.05, 3.63) is 112 Å². The average Bonchev–Trinajstić information content (AvgIpc) is 2.97. The van der Waals surface area contributed by atoms with Gasteiger partial charge >= 0.3 is 18.1 Å². The summed E-state index contributed by atoms with van der Waals surface area (Å²) in [4.78, 5) is 37.8. The topological polar surface area (TPSA) is 81.7 Å². The van der Waals surface area contributed by atoms with Gasteiger partial charge in [-0.15, -0.1) is 0 Å². The Bertz CT molecular complexity index is 1650. The van der Waals surface area contributed by atoms with E-state index in [1.54, 1.807) is 30.3 Å². The molecule has 0 saturated carbocycles. The Balaban J connectivity index is 1.59. The lowest BCUT2D eigenvalue weighted by Crippen LogP contribution is -2.43. The number of amides is 1.